The summed E-state index contributed by atoms with van der Waals surface area (Å²) in [6.07, 6.45) is 0. The second-order valence-corrected chi connectivity index (χ2v) is 7.17. The van der Waals surface area contributed by atoms with Crippen LogP contribution in [-0.2, 0) is 11.3 Å². The van der Waals surface area contributed by atoms with Crippen LogP contribution in [0.3, 0.4) is 0 Å². The van der Waals surface area contributed by atoms with Crippen molar-refractivity contribution in [3.05, 3.63) is 57.8 Å². The predicted octanol–water partition coefficient (Wildman–Crippen LogP) is 3.47. The van der Waals surface area contributed by atoms with Crippen LogP contribution in [0.15, 0.2) is 41.1 Å². The summed E-state index contributed by atoms with van der Waals surface area (Å²) in [5, 5.41) is 6.90. The SMILES string of the molecule is Cc1ccc(C(=O)N[C@@H](C(=O)N(C)Cc2ccsc2)C(C)C)cc1. The Balaban J connectivity index is 2.06. The molecule has 0 aliphatic heterocycles. The third-order valence-corrected chi connectivity index (χ3v) is 4.64. The normalized spacial score (nSPS) is 12.0. The Morgan fingerprint density at radius 2 is 1.83 bits per heavy atom. The highest BCUT2D eigenvalue weighted by Crippen LogP contribution is 2.12. The zero-order valence-corrected chi connectivity index (χ0v) is 15.4. The molecule has 0 bridgehead atoms. The maximum absolute atomic E-state index is 12.7. The number of likely N-dealkylation sites (N-methyl/N-ethyl adjacent to an activating group) is 1. The van der Waals surface area contributed by atoms with Crippen molar-refractivity contribution in [3.63, 3.8) is 0 Å². The molecule has 0 unspecified atom stereocenters. The van der Waals surface area contributed by atoms with Gasteiger partial charge in [-0.15, -0.1) is 0 Å². The van der Waals surface area contributed by atoms with Crippen molar-refractivity contribution in [2.24, 2.45) is 5.92 Å². The van der Waals surface area contributed by atoms with E-state index in [-0.39, 0.29) is 17.7 Å². The van der Waals surface area contributed by atoms with Gasteiger partial charge < -0.3 is 10.2 Å². The molecule has 0 saturated heterocycles. The Kier molecular flexibility index (Phi) is 6.15. The molecule has 128 valence electrons. The maximum Gasteiger partial charge on any atom is 0.251 e. The van der Waals surface area contributed by atoms with Gasteiger partial charge in [-0.2, -0.15) is 11.3 Å². The first-order valence-electron chi connectivity index (χ1n) is 8.02. The fourth-order valence-electron chi connectivity index (χ4n) is 2.41. The molecule has 2 amide bonds. The van der Waals surface area contributed by atoms with E-state index in [4.69, 9.17) is 0 Å². The van der Waals surface area contributed by atoms with E-state index in [0.29, 0.717) is 12.1 Å². The number of nitrogens with zero attached hydrogens (tertiary/aromatic N) is 1. The van der Waals surface area contributed by atoms with E-state index in [0.717, 1.165) is 11.1 Å². The molecule has 0 saturated carbocycles. The summed E-state index contributed by atoms with van der Waals surface area (Å²) in [6.45, 7) is 6.40. The number of carbonyl (C=O) groups is 2. The van der Waals surface area contributed by atoms with Gasteiger partial charge in [-0.1, -0.05) is 31.5 Å². The van der Waals surface area contributed by atoms with E-state index in [1.165, 1.54) is 0 Å². The lowest BCUT2D eigenvalue weighted by Crippen LogP contribution is -2.50. The van der Waals surface area contributed by atoms with Gasteiger partial charge in [-0.25, -0.2) is 0 Å². The lowest BCUT2D eigenvalue weighted by molar-refractivity contribution is -0.133. The van der Waals surface area contributed by atoms with Gasteiger partial charge in [0.25, 0.3) is 5.91 Å². The topological polar surface area (TPSA) is 49.4 Å². The minimum Gasteiger partial charge on any atom is -0.340 e. The Morgan fingerprint density at radius 1 is 1.17 bits per heavy atom. The van der Waals surface area contributed by atoms with E-state index >= 15 is 0 Å². The lowest BCUT2D eigenvalue weighted by Gasteiger charge is -2.27. The standard InChI is InChI=1S/C19H24N2O2S/c1-13(2)17(19(23)21(4)11-15-9-10-24-12-15)20-18(22)16-7-5-14(3)6-8-16/h5-10,12-13,17H,11H2,1-4H3,(H,20,22)/t17-/m1/s1. The van der Waals surface area contributed by atoms with Gasteiger partial charge in [0.1, 0.15) is 6.04 Å². The third-order valence-electron chi connectivity index (χ3n) is 3.91. The van der Waals surface area contributed by atoms with Crippen LogP contribution in [0.1, 0.15) is 35.3 Å². The number of aryl methyl sites for hydroxylation is 1. The monoisotopic (exact) mass is 344 g/mol. The fourth-order valence-corrected chi connectivity index (χ4v) is 3.07. The Labute approximate surface area is 147 Å². The number of hydrogen-bond acceptors (Lipinski definition) is 3. The quantitative estimate of drug-likeness (QED) is 0.872. The van der Waals surface area contributed by atoms with Crippen molar-refractivity contribution < 1.29 is 9.59 Å². The number of amides is 2. The highest BCUT2D eigenvalue weighted by molar-refractivity contribution is 7.07. The van der Waals surface area contributed by atoms with E-state index < -0.39 is 6.04 Å². The van der Waals surface area contributed by atoms with Gasteiger partial charge in [0.15, 0.2) is 0 Å². The minimum atomic E-state index is -0.539. The molecular formula is C19H24N2O2S. The summed E-state index contributed by atoms with van der Waals surface area (Å²) in [6, 6.07) is 8.81. The highest BCUT2D eigenvalue weighted by atomic mass is 32.1. The minimum absolute atomic E-state index is 0.0109. The van der Waals surface area contributed by atoms with Crippen LogP contribution in [0.4, 0.5) is 0 Å². The second kappa shape index (κ2) is 8.11. The first-order chi connectivity index (χ1) is 11.4. The van der Waals surface area contributed by atoms with Crippen LogP contribution < -0.4 is 5.32 Å². The lowest BCUT2D eigenvalue weighted by atomic mass is 10.0. The molecule has 0 spiro atoms. The molecule has 2 rings (SSSR count). The summed E-state index contributed by atoms with van der Waals surface area (Å²) >= 11 is 1.61. The third kappa shape index (κ3) is 4.68. The molecule has 0 radical (unpaired) electrons. The molecule has 4 nitrogen and oxygen atoms in total. The van der Waals surface area contributed by atoms with Gasteiger partial charge in [-0.05, 0) is 47.4 Å². The number of carbonyl (C=O) groups excluding carboxylic acids is 2. The highest BCUT2D eigenvalue weighted by Gasteiger charge is 2.27. The van der Waals surface area contributed by atoms with Crippen LogP contribution in [-0.4, -0.2) is 29.8 Å². The largest absolute Gasteiger partial charge is 0.340 e. The molecular weight excluding hydrogens is 320 g/mol. The molecule has 1 atom stereocenters. The molecule has 1 heterocycles. The number of thiophene rings is 1. The smallest absolute Gasteiger partial charge is 0.251 e. The van der Waals surface area contributed by atoms with E-state index in [1.807, 2.05) is 49.7 Å². The summed E-state index contributed by atoms with van der Waals surface area (Å²) in [4.78, 5) is 26.8. The van der Waals surface area contributed by atoms with Crippen LogP contribution >= 0.6 is 11.3 Å². The first kappa shape index (κ1) is 18.2. The van der Waals surface area contributed by atoms with Gasteiger partial charge in [-0.3, -0.25) is 9.59 Å². The predicted molar refractivity (Wildman–Crippen MR) is 98.1 cm³/mol. The Morgan fingerprint density at radius 3 is 2.38 bits per heavy atom. The van der Waals surface area contributed by atoms with E-state index in [9.17, 15) is 9.59 Å². The molecule has 1 aromatic carbocycles. The Hall–Kier alpha value is -2.14. The average molecular weight is 344 g/mol. The van der Waals surface area contributed by atoms with Gasteiger partial charge in [0.05, 0.1) is 0 Å². The molecule has 2 aromatic rings. The summed E-state index contributed by atoms with van der Waals surface area (Å²) < 4.78 is 0. The van der Waals surface area contributed by atoms with E-state index in [1.54, 1.807) is 35.4 Å². The van der Waals surface area contributed by atoms with Crippen molar-refractivity contribution >= 4 is 23.2 Å². The second-order valence-electron chi connectivity index (χ2n) is 6.39. The maximum atomic E-state index is 12.7. The number of nitrogens with one attached hydrogen (secondary N) is 1. The zero-order valence-electron chi connectivity index (χ0n) is 14.6. The summed E-state index contributed by atoms with van der Waals surface area (Å²) in [5.41, 5.74) is 2.77. The van der Waals surface area contributed by atoms with Crippen LogP contribution in [0.5, 0.6) is 0 Å². The van der Waals surface area contributed by atoms with Crippen molar-refractivity contribution in [1.29, 1.82) is 0 Å². The fraction of sp³-hybridized carbons (Fsp3) is 0.368. The summed E-state index contributed by atoms with van der Waals surface area (Å²) in [5.74, 6) is -0.278. The van der Waals surface area contributed by atoms with Crippen molar-refractivity contribution in [1.82, 2.24) is 10.2 Å². The summed E-state index contributed by atoms with van der Waals surface area (Å²) in [7, 11) is 1.77. The van der Waals surface area contributed by atoms with Crippen LogP contribution in [0.2, 0.25) is 0 Å². The Bertz CT molecular complexity index is 678. The average Bonchev–Trinajstić information content (AvgIpc) is 3.05. The van der Waals surface area contributed by atoms with Crippen molar-refractivity contribution in [3.8, 4) is 0 Å². The number of rotatable bonds is 6. The molecule has 5 heteroatoms. The molecule has 0 aliphatic carbocycles. The van der Waals surface area contributed by atoms with Crippen molar-refractivity contribution in [2.75, 3.05) is 7.05 Å². The molecule has 24 heavy (non-hydrogen) atoms. The first-order valence-corrected chi connectivity index (χ1v) is 8.96. The van der Waals surface area contributed by atoms with Crippen molar-refractivity contribution in [2.45, 2.75) is 33.4 Å². The molecule has 0 aliphatic rings. The van der Waals surface area contributed by atoms with E-state index in [2.05, 4.69) is 5.32 Å². The number of benzene rings is 1. The number of hydrogen-bond donors (Lipinski definition) is 1. The molecule has 1 N–H and O–H groups in total. The van der Waals surface area contributed by atoms with Gasteiger partial charge >= 0.3 is 0 Å². The van der Waals surface area contributed by atoms with Crippen LogP contribution in [0.25, 0.3) is 0 Å². The van der Waals surface area contributed by atoms with Crippen LogP contribution in [0, 0.1) is 12.8 Å². The van der Waals surface area contributed by atoms with Gasteiger partial charge in [0.2, 0.25) is 5.91 Å². The molecule has 0 fully saturated rings. The van der Waals surface area contributed by atoms with Gasteiger partial charge in [0, 0.05) is 19.2 Å². The molecule has 1 aromatic heterocycles. The zero-order chi connectivity index (χ0) is 17.7.